The van der Waals surface area contributed by atoms with Crippen molar-refractivity contribution in [2.45, 2.75) is 18.4 Å². The SMILES string of the molecule is O=c1[nH]c(=O)n([C@@H]2O[C@H](CO)[C@@H](CO)[C@@H]2O)cc1I. The molecule has 0 aliphatic carbocycles. The first-order valence-electron chi connectivity index (χ1n) is 5.55. The van der Waals surface area contributed by atoms with Crippen molar-refractivity contribution in [2.75, 3.05) is 13.2 Å². The zero-order chi connectivity index (χ0) is 14.2. The molecule has 8 nitrogen and oxygen atoms in total. The number of hydrogen-bond acceptors (Lipinski definition) is 6. The second-order valence-corrected chi connectivity index (χ2v) is 5.39. The van der Waals surface area contributed by atoms with Crippen LogP contribution in [0.1, 0.15) is 6.23 Å². The first-order chi connectivity index (χ1) is 8.99. The highest BCUT2D eigenvalue weighted by Crippen LogP contribution is 2.32. The molecule has 1 aromatic rings. The van der Waals surface area contributed by atoms with Gasteiger partial charge in [0, 0.05) is 12.1 Å². The van der Waals surface area contributed by atoms with Crippen LogP contribution in [0.5, 0.6) is 0 Å². The van der Waals surface area contributed by atoms with E-state index in [9.17, 15) is 19.8 Å². The zero-order valence-electron chi connectivity index (χ0n) is 9.69. The molecule has 1 saturated heterocycles. The van der Waals surface area contributed by atoms with Crippen molar-refractivity contribution in [1.82, 2.24) is 9.55 Å². The molecule has 0 bridgehead atoms. The monoisotopic (exact) mass is 384 g/mol. The lowest BCUT2D eigenvalue weighted by molar-refractivity contribution is -0.0539. The number of aromatic amines is 1. The maximum Gasteiger partial charge on any atom is 0.330 e. The molecule has 2 heterocycles. The fourth-order valence-corrected chi connectivity index (χ4v) is 2.51. The van der Waals surface area contributed by atoms with E-state index in [-0.39, 0.29) is 16.8 Å². The Morgan fingerprint density at radius 1 is 1.37 bits per heavy atom. The van der Waals surface area contributed by atoms with Crippen LogP contribution in [-0.4, -0.2) is 50.3 Å². The Kier molecular flexibility index (Phi) is 4.40. The van der Waals surface area contributed by atoms with Crippen LogP contribution in [0, 0.1) is 9.49 Å². The van der Waals surface area contributed by atoms with Crippen molar-refractivity contribution in [3.05, 3.63) is 30.6 Å². The van der Waals surface area contributed by atoms with E-state index < -0.39 is 35.6 Å². The molecule has 0 aromatic carbocycles. The van der Waals surface area contributed by atoms with Crippen LogP contribution in [0.25, 0.3) is 0 Å². The summed E-state index contributed by atoms with van der Waals surface area (Å²) in [7, 11) is 0. The number of halogens is 1. The van der Waals surface area contributed by atoms with Crippen molar-refractivity contribution in [3.8, 4) is 0 Å². The van der Waals surface area contributed by atoms with Crippen LogP contribution < -0.4 is 11.2 Å². The minimum atomic E-state index is -1.15. The first kappa shape index (κ1) is 14.7. The first-order valence-corrected chi connectivity index (χ1v) is 6.63. The van der Waals surface area contributed by atoms with Gasteiger partial charge in [0.15, 0.2) is 6.23 Å². The molecule has 0 unspecified atom stereocenters. The Morgan fingerprint density at radius 3 is 2.58 bits per heavy atom. The molecule has 9 heteroatoms. The van der Waals surface area contributed by atoms with E-state index in [1.165, 1.54) is 6.20 Å². The van der Waals surface area contributed by atoms with Gasteiger partial charge in [-0.25, -0.2) is 4.79 Å². The van der Waals surface area contributed by atoms with Gasteiger partial charge in [-0.2, -0.15) is 0 Å². The summed E-state index contributed by atoms with van der Waals surface area (Å²) < 4.78 is 6.68. The van der Waals surface area contributed by atoms with Crippen LogP contribution in [0.15, 0.2) is 15.8 Å². The van der Waals surface area contributed by atoms with Crippen LogP contribution in [-0.2, 0) is 4.74 Å². The number of H-pyrrole nitrogens is 1. The van der Waals surface area contributed by atoms with E-state index >= 15 is 0 Å². The molecule has 106 valence electrons. The van der Waals surface area contributed by atoms with Gasteiger partial charge in [0.1, 0.15) is 6.10 Å². The fourth-order valence-electron chi connectivity index (χ4n) is 2.08. The molecule has 0 radical (unpaired) electrons. The quantitative estimate of drug-likeness (QED) is 0.447. The van der Waals surface area contributed by atoms with E-state index in [1.807, 2.05) is 0 Å². The molecular weight excluding hydrogens is 371 g/mol. The number of aliphatic hydroxyl groups is 3. The Labute approximate surface area is 120 Å². The van der Waals surface area contributed by atoms with Gasteiger partial charge in [-0.1, -0.05) is 0 Å². The standard InChI is InChI=1S/C10H13IN2O6/c11-5-1-13(10(18)12-8(5)17)9-7(16)4(2-14)6(3-15)19-9/h1,4,6-7,9,14-16H,2-3H2,(H,12,17,18)/t4-,6-,7+,9-/m1/s1. The summed E-state index contributed by atoms with van der Waals surface area (Å²) in [6.45, 7) is -0.758. The maximum absolute atomic E-state index is 11.7. The predicted molar refractivity (Wildman–Crippen MR) is 71.6 cm³/mol. The normalized spacial score (nSPS) is 30.7. The molecule has 1 aliphatic rings. The summed E-state index contributed by atoms with van der Waals surface area (Å²) in [6, 6.07) is 0. The number of hydrogen-bond donors (Lipinski definition) is 4. The summed E-state index contributed by atoms with van der Waals surface area (Å²) >= 11 is 1.75. The lowest BCUT2D eigenvalue weighted by Crippen LogP contribution is -2.37. The molecule has 0 spiro atoms. The van der Waals surface area contributed by atoms with Crippen molar-refractivity contribution < 1.29 is 20.1 Å². The Hall–Kier alpha value is -0.750. The molecule has 1 aromatic heterocycles. The minimum Gasteiger partial charge on any atom is -0.396 e. The Bertz CT molecular complexity index is 570. The largest absolute Gasteiger partial charge is 0.396 e. The third kappa shape index (κ3) is 2.60. The highest BCUT2D eigenvalue weighted by atomic mass is 127. The highest BCUT2D eigenvalue weighted by molar-refractivity contribution is 14.1. The van der Waals surface area contributed by atoms with Crippen molar-refractivity contribution in [2.24, 2.45) is 5.92 Å². The van der Waals surface area contributed by atoms with Gasteiger partial charge in [-0.15, -0.1) is 0 Å². The van der Waals surface area contributed by atoms with Crippen molar-refractivity contribution in [1.29, 1.82) is 0 Å². The van der Waals surface area contributed by atoms with Crippen LogP contribution >= 0.6 is 22.6 Å². The fraction of sp³-hybridized carbons (Fsp3) is 0.600. The van der Waals surface area contributed by atoms with E-state index in [4.69, 9.17) is 9.84 Å². The average molecular weight is 384 g/mol. The smallest absolute Gasteiger partial charge is 0.330 e. The van der Waals surface area contributed by atoms with Crippen LogP contribution in [0.2, 0.25) is 0 Å². The summed E-state index contributed by atoms with van der Waals surface area (Å²) in [6.07, 6.45) is -1.70. The summed E-state index contributed by atoms with van der Waals surface area (Å²) in [5.74, 6) is -0.688. The number of rotatable bonds is 3. The Balaban J connectivity index is 2.41. The summed E-state index contributed by atoms with van der Waals surface area (Å²) in [5, 5.41) is 28.3. The average Bonchev–Trinajstić information content (AvgIpc) is 2.70. The van der Waals surface area contributed by atoms with Crippen molar-refractivity contribution >= 4 is 22.6 Å². The van der Waals surface area contributed by atoms with E-state index in [0.29, 0.717) is 0 Å². The summed E-state index contributed by atoms with van der Waals surface area (Å²) in [5.41, 5.74) is -1.24. The molecule has 1 aliphatic heterocycles. The number of aliphatic hydroxyl groups excluding tert-OH is 3. The number of nitrogens with zero attached hydrogens (tertiary/aromatic N) is 1. The topological polar surface area (TPSA) is 125 Å². The minimum absolute atomic E-state index is 0.265. The second kappa shape index (κ2) is 5.71. The van der Waals surface area contributed by atoms with E-state index in [1.54, 1.807) is 22.6 Å². The molecular formula is C10H13IN2O6. The number of ether oxygens (including phenoxy) is 1. The highest BCUT2D eigenvalue weighted by Gasteiger charge is 2.44. The van der Waals surface area contributed by atoms with Gasteiger partial charge in [-0.3, -0.25) is 14.3 Å². The predicted octanol–water partition coefficient (Wildman–Crippen LogP) is -2.00. The lowest BCUT2D eigenvalue weighted by atomic mass is 9.99. The molecule has 19 heavy (non-hydrogen) atoms. The Morgan fingerprint density at radius 2 is 2.05 bits per heavy atom. The summed E-state index contributed by atoms with van der Waals surface area (Å²) in [4.78, 5) is 25.1. The number of nitrogens with one attached hydrogen (secondary N) is 1. The zero-order valence-corrected chi connectivity index (χ0v) is 11.9. The van der Waals surface area contributed by atoms with Crippen LogP contribution in [0.4, 0.5) is 0 Å². The van der Waals surface area contributed by atoms with E-state index in [2.05, 4.69) is 4.98 Å². The molecule has 0 amide bonds. The van der Waals surface area contributed by atoms with Gasteiger partial charge < -0.3 is 20.1 Å². The molecule has 4 atom stereocenters. The molecule has 0 saturated carbocycles. The molecule has 2 rings (SSSR count). The van der Waals surface area contributed by atoms with Crippen molar-refractivity contribution in [3.63, 3.8) is 0 Å². The second-order valence-electron chi connectivity index (χ2n) is 4.23. The third-order valence-electron chi connectivity index (χ3n) is 3.11. The molecule has 1 fully saturated rings. The number of aromatic nitrogens is 2. The van der Waals surface area contributed by atoms with Gasteiger partial charge in [-0.05, 0) is 22.6 Å². The lowest BCUT2D eigenvalue weighted by Gasteiger charge is -2.18. The van der Waals surface area contributed by atoms with Gasteiger partial charge in [0.05, 0.1) is 22.9 Å². The van der Waals surface area contributed by atoms with Gasteiger partial charge in [0.25, 0.3) is 5.56 Å². The van der Waals surface area contributed by atoms with E-state index in [0.717, 1.165) is 4.57 Å². The van der Waals surface area contributed by atoms with Crippen LogP contribution in [0.3, 0.4) is 0 Å². The van der Waals surface area contributed by atoms with Gasteiger partial charge in [0.2, 0.25) is 0 Å². The maximum atomic E-state index is 11.7. The third-order valence-corrected chi connectivity index (χ3v) is 3.88. The van der Waals surface area contributed by atoms with Gasteiger partial charge >= 0.3 is 5.69 Å². The molecule has 4 N–H and O–H groups in total.